The van der Waals surface area contributed by atoms with Gasteiger partial charge < -0.3 is 164 Å². The van der Waals surface area contributed by atoms with Gasteiger partial charge in [-0.05, 0) is 99.7 Å². The summed E-state index contributed by atoms with van der Waals surface area (Å²) in [5, 5.41) is 229. The van der Waals surface area contributed by atoms with Crippen molar-refractivity contribution < 1.29 is 164 Å². The lowest BCUT2D eigenvalue weighted by molar-refractivity contribution is -0.380. The quantitative estimate of drug-likeness (QED) is 0.0423. The monoisotopic (exact) mass is 1450 g/mol. The van der Waals surface area contributed by atoms with Gasteiger partial charge in [-0.3, -0.25) is 0 Å². The van der Waals surface area contributed by atoms with E-state index in [1.165, 1.54) is 13.8 Å². The minimum Gasteiger partial charge on any atom is -0.394 e. The van der Waals surface area contributed by atoms with E-state index in [1.54, 1.807) is 6.92 Å². The van der Waals surface area contributed by atoms with Crippen LogP contribution in [0.25, 0.3) is 0 Å². The normalized spacial score (nSPS) is 52.1. The van der Waals surface area contributed by atoms with Crippen molar-refractivity contribution in [3.63, 3.8) is 0 Å². The molecule has 0 bridgehead atoms. The van der Waals surface area contributed by atoms with Gasteiger partial charge in [-0.2, -0.15) is 0 Å². The minimum atomic E-state index is -2.04. The SMILES string of the molecule is C[C@H]1[C@@H](OC[C@H]2O[C@@H](O[C@H]3CCC4C(=CCC5[C@@]4(C)[C@H](O)C[C@]4(C)C([C@H](C)CC[C@@H](O[C@@H]6O[C@H](CO[C@@H]7O[C@H](CO[C@@H]8O[C@H](CO)[C@@H](O)[C@H](O)[C@H]8O)[C@@H](O)[C@H](O)[C@H]7O)[C@@H](O)[C@H](O)[C@H]6O[C@@H]6O[C@H](CO)[C@@H](O)[C@H](O)[C@H]6O)C(C)(C)O)CC[C@@]54C)C3(C)C)[C@H](O)[C@@H](O)[C@@H]2O)O[C@H](CO)[C@@H](O)[C@@H]1O. The molecule has 10 rings (SSSR count). The van der Waals surface area contributed by atoms with Crippen LogP contribution in [0.15, 0.2) is 11.6 Å². The van der Waals surface area contributed by atoms with E-state index >= 15 is 0 Å². The smallest absolute Gasteiger partial charge is 0.187 e. The first-order valence-electron chi connectivity index (χ1n) is 35.4. The van der Waals surface area contributed by atoms with Gasteiger partial charge in [-0.1, -0.05) is 60.1 Å². The van der Waals surface area contributed by atoms with Gasteiger partial charge in [-0.25, -0.2) is 0 Å². The molecule has 100 heavy (non-hydrogen) atoms. The van der Waals surface area contributed by atoms with Crippen molar-refractivity contribution >= 4 is 0 Å². The lowest BCUT2D eigenvalue weighted by Gasteiger charge is -2.67. The van der Waals surface area contributed by atoms with Crippen LogP contribution in [-0.2, 0) is 56.8 Å². The van der Waals surface area contributed by atoms with E-state index in [-0.39, 0.29) is 42.1 Å². The molecule has 21 N–H and O–H groups in total. The van der Waals surface area contributed by atoms with Crippen LogP contribution < -0.4 is 0 Å². The number of rotatable bonds is 23. The fraction of sp³-hybridized carbons (Fsp3) is 0.970. The molecule has 4 aliphatic carbocycles. The summed E-state index contributed by atoms with van der Waals surface area (Å²) >= 11 is 0. The van der Waals surface area contributed by atoms with Gasteiger partial charge in [0.25, 0.3) is 0 Å². The molecular weight excluding hydrogens is 1330 g/mol. The Kier molecular flexibility index (Phi) is 25.5. The Hall–Kier alpha value is -1.58. The molecule has 0 amide bonds. The highest BCUT2D eigenvalue weighted by Crippen LogP contribution is 2.75. The van der Waals surface area contributed by atoms with Gasteiger partial charge in [0, 0.05) is 16.7 Å². The van der Waals surface area contributed by atoms with Gasteiger partial charge >= 0.3 is 0 Å². The van der Waals surface area contributed by atoms with Crippen molar-refractivity contribution in [1.29, 1.82) is 0 Å². The molecule has 6 heterocycles. The Morgan fingerprint density at radius 2 is 0.900 bits per heavy atom. The van der Waals surface area contributed by atoms with Crippen LogP contribution in [0.5, 0.6) is 0 Å². The maximum Gasteiger partial charge on any atom is 0.187 e. The van der Waals surface area contributed by atoms with E-state index < -0.39 is 257 Å². The van der Waals surface area contributed by atoms with Crippen molar-refractivity contribution in [3.8, 4) is 0 Å². The highest BCUT2D eigenvalue weighted by atomic mass is 16.8. The topological polar surface area (TPSA) is 536 Å². The summed E-state index contributed by atoms with van der Waals surface area (Å²) in [5.41, 5.74) is -2.59. The molecular formula is C67H114O33. The minimum absolute atomic E-state index is 0.0158. The number of hydrogen-bond donors (Lipinski definition) is 21. The highest BCUT2D eigenvalue weighted by molar-refractivity contribution is 5.32. The zero-order valence-electron chi connectivity index (χ0n) is 58.1. The maximum atomic E-state index is 12.9. The molecule has 0 radical (unpaired) electrons. The number of aliphatic hydroxyl groups is 21. The third-order valence-electron chi connectivity index (χ3n) is 25.3. The van der Waals surface area contributed by atoms with Crippen LogP contribution in [0.3, 0.4) is 0 Å². The molecule has 0 aromatic heterocycles. The molecule has 9 fully saturated rings. The molecule has 0 aromatic carbocycles. The van der Waals surface area contributed by atoms with E-state index in [0.717, 1.165) is 18.4 Å². The number of ether oxygens (including phenoxy) is 12. The fourth-order valence-corrected chi connectivity index (χ4v) is 18.6. The number of aliphatic hydroxyl groups excluding tert-OH is 20. The molecule has 0 aromatic rings. The molecule has 33 heteroatoms. The Labute approximate surface area is 580 Å². The predicted octanol–water partition coefficient (Wildman–Crippen LogP) is -6.31. The average molecular weight is 1450 g/mol. The maximum absolute atomic E-state index is 12.9. The van der Waals surface area contributed by atoms with Gasteiger partial charge in [0.2, 0.25) is 0 Å². The second-order valence-corrected chi connectivity index (χ2v) is 31.9. The predicted molar refractivity (Wildman–Crippen MR) is 336 cm³/mol. The molecule has 33 nitrogen and oxygen atoms in total. The summed E-state index contributed by atoms with van der Waals surface area (Å²) in [6.45, 7) is 13.5. The van der Waals surface area contributed by atoms with Crippen LogP contribution in [0.2, 0.25) is 0 Å². The van der Waals surface area contributed by atoms with Crippen molar-refractivity contribution in [1.82, 2.24) is 0 Å². The molecule has 6 saturated heterocycles. The van der Waals surface area contributed by atoms with Crippen LogP contribution >= 0.6 is 0 Å². The Morgan fingerprint density at radius 3 is 1.41 bits per heavy atom. The molecule has 3 saturated carbocycles. The summed E-state index contributed by atoms with van der Waals surface area (Å²) in [5.74, 6) is -0.850. The molecule has 6 aliphatic heterocycles. The highest BCUT2D eigenvalue weighted by Gasteiger charge is 2.71. The summed E-state index contributed by atoms with van der Waals surface area (Å²) in [7, 11) is 0. The Morgan fingerprint density at radius 1 is 0.480 bits per heavy atom. The zero-order valence-corrected chi connectivity index (χ0v) is 58.1. The third-order valence-corrected chi connectivity index (χ3v) is 25.3. The average Bonchev–Trinajstić information content (AvgIpc) is 1.39. The lowest BCUT2D eigenvalue weighted by Crippen LogP contribution is -2.65. The lowest BCUT2D eigenvalue weighted by atomic mass is 9.38. The molecule has 580 valence electrons. The van der Waals surface area contributed by atoms with Crippen LogP contribution in [0.1, 0.15) is 114 Å². The summed E-state index contributed by atoms with van der Waals surface area (Å²) in [6, 6.07) is 0. The van der Waals surface area contributed by atoms with Crippen molar-refractivity contribution in [3.05, 3.63) is 11.6 Å². The summed E-state index contributed by atoms with van der Waals surface area (Å²) in [6.07, 6.45) is -44.2. The van der Waals surface area contributed by atoms with Crippen LogP contribution in [-0.4, -0.2) is 349 Å². The first-order chi connectivity index (χ1) is 46.8. The molecule has 40 atom stereocenters. The van der Waals surface area contributed by atoms with Crippen LogP contribution in [0.4, 0.5) is 0 Å². The van der Waals surface area contributed by atoms with Crippen LogP contribution in [0, 0.1) is 51.2 Å². The first-order valence-corrected chi connectivity index (χ1v) is 35.4. The fourth-order valence-electron chi connectivity index (χ4n) is 18.6. The Bertz CT molecular complexity index is 2670. The third kappa shape index (κ3) is 14.9. The molecule has 3 unspecified atom stereocenters. The summed E-state index contributed by atoms with van der Waals surface area (Å²) < 4.78 is 71.6. The molecule has 10 aliphatic rings. The first kappa shape index (κ1) is 80.9. The largest absolute Gasteiger partial charge is 0.394 e. The van der Waals surface area contributed by atoms with Gasteiger partial charge in [0.05, 0.1) is 69.7 Å². The zero-order chi connectivity index (χ0) is 73.5. The molecule has 0 spiro atoms. The van der Waals surface area contributed by atoms with E-state index in [9.17, 15) is 107 Å². The van der Waals surface area contributed by atoms with Gasteiger partial charge in [0.15, 0.2) is 37.7 Å². The number of fused-ring (bicyclic) bond motifs is 5. The Balaban J connectivity index is 0.815. The van der Waals surface area contributed by atoms with E-state index in [4.69, 9.17) is 56.8 Å². The van der Waals surface area contributed by atoms with Crippen molar-refractivity contribution in [2.45, 2.75) is 316 Å². The number of allylic oxidation sites excluding steroid dienone is 1. The number of hydrogen-bond acceptors (Lipinski definition) is 33. The van der Waals surface area contributed by atoms with Crippen molar-refractivity contribution in [2.24, 2.45) is 51.2 Å². The van der Waals surface area contributed by atoms with Gasteiger partial charge in [0.1, 0.15) is 134 Å². The second kappa shape index (κ2) is 31.6. The standard InChI is InChI=1S/C67H114O33/c1-25(27-16-17-65(7)36-13-11-28-29(67(36,9)37(71)18-66(27,65)8)12-15-38(63(28,3)4)98-60-54(86)50(82)45(77)34(96-60)22-89-57-26(2)40(72)41(73)30(19-68)92-57)10-14-39(64(5,6)88)99-62-56(100-61-55(87)48(80)43(75)32(21-70)94-61)51(83)46(78)35(97-62)24-91-59-53(85)49(81)44(76)33(95-59)23-90-58-52(84)47(79)42(74)31(20-69)93-58/h11,25-27,29-62,68-88H,10,12-24H2,1-9H3/t25-,26-,27?,29?,30-,31-,32-,33-,34-,35-,36?,37-,38+,39-,40-,41-,42-,43-,44-,45-,46-,47+,48+,49+,50+,51+,52-,53-,54-,55-,56-,57+,58-,59-,60+,61+,62+,65+,66-,67+/m1/s1. The van der Waals surface area contributed by atoms with Crippen molar-refractivity contribution in [2.75, 3.05) is 39.6 Å². The van der Waals surface area contributed by atoms with E-state index in [0.29, 0.717) is 32.1 Å². The summed E-state index contributed by atoms with van der Waals surface area (Å²) in [4.78, 5) is 0. The van der Waals surface area contributed by atoms with E-state index in [1.807, 2.05) is 0 Å². The van der Waals surface area contributed by atoms with Gasteiger partial charge in [-0.15, -0.1) is 0 Å². The van der Waals surface area contributed by atoms with E-state index in [2.05, 4.69) is 47.6 Å². The second-order valence-electron chi connectivity index (χ2n) is 31.9.